The van der Waals surface area contributed by atoms with Crippen LogP contribution >= 0.6 is 22.9 Å². The van der Waals surface area contributed by atoms with Gasteiger partial charge in [-0.3, -0.25) is 4.79 Å². The molecular formula is C13H14ClN3O2S. The number of hydrogen-bond donors (Lipinski definition) is 2. The number of aliphatic carboxylic acids is 1. The number of fused-ring (bicyclic) bond motifs is 3. The fraction of sp³-hybridized carbons (Fsp3) is 0.462. The number of carbonyl (C=O) groups is 1. The lowest BCUT2D eigenvalue weighted by Gasteiger charge is -2.18. The highest BCUT2D eigenvalue weighted by atomic mass is 35.5. The normalized spacial score (nSPS) is 18.0. The fourth-order valence-electron chi connectivity index (χ4n) is 2.60. The molecule has 20 heavy (non-hydrogen) atoms. The molecular weight excluding hydrogens is 298 g/mol. The maximum Gasteiger partial charge on any atom is 0.322 e. The summed E-state index contributed by atoms with van der Waals surface area (Å²) in [4.78, 5) is 21.3. The van der Waals surface area contributed by atoms with Crippen LogP contribution in [0.5, 0.6) is 0 Å². The minimum Gasteiger partial charge on any atom is -0.480 e. The lowest BCUT2D eigenvalue weighted by molar-refractivity contribution is -0.134. The molecule has 106 valence electrons. The highest BCUT2D eigenvalue weighted by Gasteiger charge is 2.23. The largest absolute Gasteiger partial charge is 0.480 e. The first kappa shape index (κ1) is 13.6. The van der Waals surface area contributed by atoms with Gasteiger partial charge in [0.2, 0.25) is 5.28 Å². The molecule has 1 unspecified atom stereocenters. The van der Waals surface area contributed by atoms with E-state index in [1.165, 1.54) is 10.4 Å². The zero-order valence-corrected chi connectivity index (χ0v) is 12.5. The summed E-state index contributed by atoms with van der Waals surface area (Å²) in [5, 5.41) is 12.7. The molecule has 2 N–H and O–H groups in total. The second-order valence-electron chi connectivity index (χ2n) is 5.12. The molecule has 3 rings (SSSR count). The third kappa shape index (κ3) is 2.45. The molecule has 7 heteroatoms. The van der Waals surface area contributed by atoms with Gasteiger partial charge in [0, 0.05) is 4.88 Å². The van der Waals surface area contributed by atoms with E-state index in [-0.39, 0.29) is 11.8 Å². The molecule has 0 radical (unpaired) electrons. The van der Waals surface area contributed by atoms with Crippen molar-refractivity contribution in [3.05, 3.63) is 15.7 Å². The molecule has 0 aromatic carbocycles. The number of carboxylic acids is 1. The van der Waals surface area contributed by atoms with Crippen LogP contribution in [-0.2, 0) is 17.6 Å². The summed E-state index contributed by atoms with van der Waals surface area (Å²) < 4.78 is 0. The van der Waals surface area contributed by atoms with E-state index in [2.05, 4.69) is 22.2 Å². The molecule has 0 aliphatic heterocycles. The van der Waals surface area contributed by atoms with Crippen molar-refractivity contribution >= 4 is 44.9 Å². The number of carboxylic acid groups (broad SMARTS) is 1. The van der Waals surface area contributed by atoms with E-state index in [4.69, 9.17) is 16.7 Å². The first-order chi connectivity index (χ1) is 9.54. The van der Waals surface area contributed by atoms with Gasteiger partial charge in [0.1, 0.15) is 17.2 Å². The zero-order chi connectivity index (χ0) is 14.3. The number of hydrogen-bond acceptors (Lipinski definition) is 5. The number of rotatable bonds is 3. The highest BCUT2D eigenvalue weighted by molar-refractivity contribution is 7.19. The number of nitrogens with one attached hydrogen (secondary N) is 1. The number of halogens is 1. The molecule has 2 aromatic rings. The van der Waals surface area contributed by atoms with Gasteiger partial charge < -0.3 is 10.4 Å². The second-order valence-corrected chi connectivity index (χ2v) is 6.54. The third-order valence-corrected chi connectivity index (χ3v) is 4.85. The van der Waals surface area contributed by atoms with Crippen LogP contribution in [0.4, 0.5) is 5.82 Å². The van der Waals surface area contributed by atoms with E-state index in [0.29, 0.717) is 11.7 Å². The third-order valence-electron chi connectivity index (χ3n) is 3.53. The number of aromatic nitrogens is 2. The Kier molecular flexibility index (Phi) is 3.52. The van der Waals surface area contributed by atoms with Crippen LogP contribution < -0.4 is 5.32 Å². The summed E-state index contributed by atoms with van der Waals surface area (Å²) in [6.07, 6.45) is 3.18. The van der Waals surface area contributed by atoms with Crippen LogP contribution in [0.15, 0.2) is 0 Å². The van der Waals surface area contributed by atoms with Gasteiger partial charge in [-0.2, -0.15) is 0 Å². The topological polar surface area (TPSA) is 75.1 Å². The maximum absolute atomic E-state index is 10.7. The molecule has 0 saturated heterocycles. The Morgan fingerprint density at radius 1 is 1.55 bits per heavy atom. The average molecular weight is 312 g/mol. The monoisotopic (exact) mass is 311 g/mol. The van der Waals surface area contributed by atoms with E-state index >= 15 is 0 Å². The van der Waals surface area contributed by atoms with Crippen LogP contribution in [0.1, 0.15) is 23.8 Å². The number of thiophene rings is 1. The van der Waals surface area contributed by atoms with Crippen molar-refractivity contribution in [3.63, 3.8) is 0 Å². The van der Waals surface area contributed by atoms with Crippen molar-refractivity contribution < 1.29 is 9.90 Å². The Labute approximate surface area is 125 Å². The van der Waals surface area contributed by atoms with E-state index in [9.17, 15) is 4.79 Å². The number of nitrogens with zero attached hydrogens (tertiary/aromatic N) is 2. The molecule has 5 nitrogen and oxygen atoms in total. The quantitative estimate of drug-likeness (QED) is 0.852. The molecule has 0 bridgehead atoms. The van der Waals surface area contributed by atoms with Gasteiger partial charge in [0.25, 0.3) is 0 Å². The zero-order valence-electron chi connectivity index (χ0n) is 10.9. The van der Waals surface area contributed by atoms with Crippen molar-refractivity contribution in [1.29, 1.82) is 0 Å². The lowest BCUT2D eigenvalue weighted by atomic mass is 9.89. The lowest BCUT2D eigenvalue weighted by Crippen LogP contribution is -2.14. The predicted molar refractivity (Wildman–Crippen MR) is 79.7 cm³/mol. The first-order valence-electron chi connectivity index (χ1n) is 6.48. The first-order valence-corrected chi connectivity index (χ1v) is 7.67. The van der Waals surface area contributed by atoms with Crippen molar-refractivity contribution in [1.82, 2.24) is 9.97 Å². The SMILES string of the molecule is CC1CCc2c(sc3nc(Cl)nc(NCC(=O)O)c23)C1. The van der Waals surface area contributed by atoms with Crippen LogP contribution in [0, 0.1) is 5.92 Å². The van der Waals surface area contributed by atoms with Crippen LogP contribution in [0.25, 0.3) is 10.2 Å². The van der Waals surface area contributed by atoms with Gasteiger partial charge in [-0.15, -0.1) is 11.3 Å². The molecule has 1 aliphatic rings. The summed E-state index contributed by atoms with van der Waals surface area (Å²) in [6, 6.07) is 0. The molecule has 1 aliphatic carbocycles. The average Bonchev–Trinajstić information content (AvgIpc) is 2.72. The van der Waals surface area contributed by atoms with Crippen LogP contribution in [-0.4, -0.2) is 27.6 Å². The van der Waals surface area contributed by atoms with Gasteiger partial charge >= 0.3 is 5.97 Å². The molecule has 0 amide bonds. The Hall–Kier alpha value is -1.40. The maximum atomic E-state index is 10.7. The summed E-state index contributed by atoms with van der Waals surface area (Å²) >= 11 is 7.57. The standard InChI is InChI=1S/C13H14ClN3O2S/c1-6-2-3-7-8(4-6)20-12-10(7)11(15-5-9(18)19)16-13(14)17-12/h6H,2-5H2,1H3,(H,18,19)(H,15,16,17). The van der Waals surface area contributed by atoms with Crippen molar-refractivity contribution in [2.45, 2.75) is 26.2 Å². The van der Waals surface area contributed by atoms with Crippen molar-refractivity contribution in [2.24, 2.45) is 5.92 Å². The number of aryl methyl sites for hydroxylation is 1. The van der Waals surface area contributed by atoms with E-state index in [0.717, 1.165) is 29.5 Å². The summed E-state index contributed by atoms with van der Waals surface area (Å²) in [5.41, 5.74) is 1.26. The van der Waals surface area contributed by atoms with Gasteiger partial charge in [-0.1, -0.05) is 6.92 Å². The van der Waals surface area contributed by atoms with E-state index in [1.807, 2.05) is 0 Å². The van der Waals surface area contributed by atoms with E-state index < -0.39 is 5.97 Å². The van der Waals surface area contributed by atoms with Crippen molar-refractivity contribution in [3.8, 4) is 0 Å². The summed E-state index contributed by atoms with van der Waals surface area (Å²) in [5.74, 6) is 0.287. The summed E-state index contributed by atoms with van der Waals surface area (Å²) in [7, 11) is 0. The van der Waals surface area contributed by atoms with Crippen LogP contribution in [0.2, 0.25) is 5.28 Å². The highest BCUT2D eigenvalue weighted by Crippen LogP contribution is 2.40. The second kappa shape index (κ2) is 5.18. The Balaban J connectivity index is 2.11. The Morgan fingerprint density at radius 3 is 3.10 bits per heavy atom. The Bertz CT molecular complexity index is 686. The molecule has 2 heterocycles. The van der Waals surface area contributed by atoms with Gasteiger partial charge in [0.05, 0.1) is 5.39 Å². The number of anilines is 1. The van der Waals surface area contributed by atoms with E-state index in [1.54, 1.807) is 11.3 Å². The van der Waals surface area contributed by atoms with Gasteiger partial charge in [-0.25, -0.2) is 9.97 Å². The van der Waals surface area contributed by atoms with Crippen LogP contribution in [0.3, 0.4) is 0 Å². The Morgan fingerprint density at radius 2 is 2.35 bits per heavy atom. The summed E-state index contributed by atoms with van der Waals surface area (Å²) in [6.45, 7) is 2.07. The van der Waals surface area contributed by atoms with Crippen molar-refractivity contribution in [2.75, 3.05) is 11.9 Å². The van der Waals surface area contributed by atoms with Gasteiger partial charge in [0.15, 0.2) is 0 Å². The fourth-order valence-corrected chi connectivity index (χ4v) is 4.21. The smallest absolute Gasteiger partial charge is 0.322 e. The molecule has 2 aromatic heterocycles. The molecule has 0 fully saturated rings. The molecule has 0 saturated carbocycles. The minimum absolute atomic E-state index is 0.150. The minimum atomic E-state index is -0.925. The predicted octanol–water partition coefficient (Wildman–Crippen LogP) is 2.97. The van der Waals surface area contributed by atoms with Gasteiger partial charge in [-0.05, 0) is 42.3 Å². The molecule has 0 spiro atoms. The molecule has 1 atom stereocenters.